The van der Waals surface area contributed by atoms with Crippen LogP contribution in [0.3, 0.4) is 0 Å². The third-order valence-electron chi connectivity index (χ3n) is 5.03. The molecule has 1 aromatic heterocycles. The molecule has 0 radical (unpaired) electrons. The van der Waals surface area contributed by atoms with Gasteiger partial charge in [0.05, 0.1) is 5.69 Å². The summed E-state index contributed by atoms with van der Waals surface area (Å²) in [6, 6.07) is 10.2. The molecule has 1 fully saturated rings. The molecule has 0 spiro atoms. The minimum Gasteiger partial charge on any atom is -0.337 e. The van der Waals surface area contributed by atoms with Crippen molar-refractivity contribution in [3.05, 3.63) is 47.3 Å². The first kappa shape index (κ1) is 14.5. The monoisotopic (exact) mass is 309 g/mol. The Morgan fingerprint density at radius 1 is 0.913 bits per heavy atom. The van der Waals surface area contributed by atoms with E-state index in [4.69, 9.17) is 5.10 Å². The van der Waals surface area contributed by atoms with Crippen molar-refractivity contribution in [2.45, 2.75) is 44.9 Å². The maximum Gasteiger partial charge on any atom is 0.274 e. The van der Waals surface area contributed by atoms with Crippen LogP contribution in [0.15, 0.2) is 30.3 Å². The fourth-order valence-electron chi connectivity index (χ4n) is 3.82. The molecular weight excluding hydrogens is 286 g/mol. The van der Waals surface area contributed by atoms with Crippen molar-refractivity contribution in [3.63, 3.8) is 0 Å². The second-order valence-electron chi connectivity index (χ2n) is 6.58. The predicted octanol–water partition coefficient (Wildman–Crippen LogP) is 3.38. The smallest absolute Gasteiger partial charge is 0.274 e. The number of carbonyl (C=O) groups is 1. The highest BCUT2D eigenvalue weighted by atomic mass is 16.2. The zero-order valence-corrected chi connectivity index (χ0v) is 13.5. The molecule has 120 valence electrons. The zero-order chi connectivity index (χ0) is 15.6. The molecule has 1 aliphatic carbocycles. The molecule has 1 amide bonds. The standard InChI is InChI=1S/C19H23N3O/c23-19(21-13-6-1-2-7-14-21)18-16-11-8-12-17(16)22(20-18)15-9-4-3-5-10-15/h3-5,9-10H,1-2,6-8,11-14H2. The number of benzene rings is 1. The number of carbonyl (C=O) groups excluding carboxylic acids is 1. The normalized spacial score (nSPS) is 17.8. The lowest BCUT2D eigenvalue weighted by Gasteiger charge is -2.19. The highest BCUT2D eigenvalue weighted by Gasteiger charge is 2.29. The highest BCUT2D eigenvalue weighted by molar-refractivity contribution is 5.94. The molecule has 1 saturated heterocycles. The van der Waals surface area contributed by atoms with E-state index in [0.29, 0.717) is 5.69 Å². The van der Waals surface area contributed by atoms with Gasteiger partial charge in [-0.05, 0) is 44.2 Å². The highest BCUT2D eigenvalue weighted by Crippen LogP contribution is 2.29. The van der Waals surface area contributed by atoms with E-state index >= 15 is 0 Å². The molecule has 4 rings (SSSR count). The summed E-state index contributed by atoms with van der Waals surface area (Å²) in [6.07, 6.45) is 7.84. The van der Waals surface area contributed by atoms with E-state index < -0.39 is 0 Å². The van der Waals surface area contributed by atoms with Gasteiger partial charge in [0.25, 0.3) is 5.91 Å². The molecule has 4 nitrogen and oxygen atoms in total. The lowest BCUT2D eigenvalue weighted by Crippen LogP contribution is -2.32. The van der Waals surface area contributed by atoms with E-state index in [1.54, 1.807) is 0 Å². The average Bonchev–Trinajstić information content (AvgIpc) is 3.08. The Labute approximate surface area is 137 Å². The van der Waals surface area contributed by atoms with Crippen molar-refractivity contribution in [2.24, 2.45) is 0 Å². The Morgan fingerprint density at radius 2 is 1.65 bits per heavy atom. The number of para-hydroxylation sites is 1. The predicted molar refractivity (Wildman–Crippen MR) is 90.0 cm³/mol. The summed E-state index contributed by atoms with van der Waals surface area (Å²) in [7, 11) is 0. The topological polar surface area (TPSA) is 38.1 Å². The van der Waals surface area contributed by atoms with Crippen molar-refractivity contribution < 1.29 is 4.79 Å². The van der Waals surface area contributed by atoms with Gasteiger partial charge >= 0.3 is 0 Å². The van der Waals surface area contributed by atoms with E-state index in [1.807, 2.05) is 27.8 Å². The zero-order valence-electron chi connectivity index (χ0n) is 13.5. The molecule has 4 heteroatoms. The molecule has 2 aliphatic rings. The number of nitrogens with zero attached hydrogens (tertiary/aromatic N) is 3. The van der Waals surface area contributed by atoms with Gasteiger partial charge in [-0.25, -0.2) is 4.68 Å². The maximum absolute atomic E-state index is 13.0. The Morgan fingerprint density at radius 3 is 2.39 bits per heavy atom. The molecule has 23 heavy (non-hydrogen) atoms. The largest absolute Gasteiger partial charge is 0.337 e. The first-order valence-corrected chi connectivity index (χ1v) is 8.80. The molecule has 2 aromatic rings. The molecule has 2 heterocycles. The van der Waals surface area contributed by atoms with Gasteiger partial charge in [0, 0.05) is 24.3 Å². The molecule has 1 aliphatic heterocycles. The van der Waals surface area contributed by atoms with Crippen molar-refractivity contribution in [1.82, 2.24) is 14.7 Å². The van der Waals surface area contributed by atoms with Crippen LogP contribution in [0.4, 0.5) is 0 Å². The van der Waals surface area contributed by atoms with Crippen LogP contribution in [-0.2, 0) is 12.8 Å². The number of likely N-dealkylation sites (tertiary alicyclic amines) is 1. The fraction of sp³-hybridized carbons (Fsp3) is 0.474. The summed E-state index contributed by atoms with van der Waals surface area (Å²) in [6.45, 7) is 1.76. The van der Waals surface area contributed by atoms with Crippen LogP contribution in [0.2, 0.25) is 0 Å². The van der Waals surface area contributed by atoms with Crippen LogP contribution in [0.1, 0.15) is 53.8 Å². The molecule has 1 aromatic carbocycles. The van der Waals surface area contributed by atoms with Gasteiger partial charge < -0.3 is 4.90 Å². The van der Waals surface area contributed by atoms with E-state index in [0.717, 1.165) is 50.9 Å². The summed E-state index contributed by atoms with van der Waals surface area (Å²) in [5.41, 5.74) is 4.17. The summed E-state index contributed by atoms with van der Waals surface area (Å²) >= 11 is 0. The van der Waals surface area contributed by atoms with Crippen LogP contribution in [0, 0.1) is 0 Å². The Bertz CT molecular complexity index is 697. The van der Waals surface area contributed by atoms with Crippen LogP contribution in [-0.4, -0.2) is 33.7 Å². The van der Waals surface area contributed by atoms with E-state index in [9.17, 15) is 4.79 Å². The minimum atomic E-state index is 0.139. The molecular formula is C19H23N3O. The third-order valence-corrected chi connectivity index (χ3v) is 5.03. The van der Waals surface area contributed by atoms with Crippen molar-refractivity contribution >= 4 is 5.91 Å². The number of hydrogen-bond acceptors (Lipinski definition) is 2. The average molecular weight is 309 g/mol. The van der Waals surface area contributed by atoms with Crippen LogP contribution in [0.25, 0.3) is 5.69 Å². The van der Waals surface area contributed by atoms with Crippen molar-refractivity contribution in [3.8, 4) is 5.69 Å². The van der Waals surface area contributed by atoms with Gasteiger partial charge in [-0.3, -0.25) is 4.79 Å². The minimum absolute atomic E-state index is 0.139. The summed E-state index contributed by atoms with van der Waals surface area (Å²) in [5.74, 6) is 0.139. The number of rotatable bonds is 2. The van der Waals surface area contributed by atoms with Gasteiger partial charge in [-0.1, -0.05) is 31.0 Å². The van der Waals surface area contributed by atoms with Gasteiger partial charge in [0.2, 0.25) is 0 Å². The van der Waals surface area contributed by atoms with Gasteiger partial charge in [-0.2, -0.15) is 5.10 Å². The first-order valence-electron chi connectivity index (χ1n) is 8.80. The SMILES string of the molecule is O=C(c1nn(-c2ccccc2)c2c1CCC2)N1CCCCCC1. The lowest BCUT2D eigenvalue weighted by molar-refractivity contribution is 0.0754. The lowest BCUT2D eigenvalue weighted by atomic mass is 10.2. The second-order valence-corrected chi connectivity index (χ2v) is 6.58. The van der Waals surface area contributed by atoms with E-state index in [-0.39, 0.29) is 5.91 Å². The molecule has 0 N–H and O–H groups in total. The number of hydrogen-bond donors (Lipinski definition) is 0. The van der Waals surface area contributed by atoms with Crippen LogP contribution < -0.4 is 0 Å². The molecule has 0 unspecified atom stereocenters. The number of amides is 1. The van der Waals surface area contributed by atoms with Crippen molar-refractivity contribution in [1.29, 1.82) is 0 Å². The fourth-order valence-corrected chi connectivity index (χ4v) is 3.82. The first-order chi connectivity index (χ1) is 11.3. The molecule has 0 atom stereocenters. The summed E-state index contributed by atoms with van der Waals surface area (Å²) < 4.78 is 1.99. The molecule has 0 bridgehead atoms. The van der Waals surface area contributed by atoms with Crippen molar-refractivity contribution in [2.75, 3.05) is 13.1 Å². The van der Waals surface area contributed by atoms with E-state index in [1.165, 1.54) is 24.1 Å². The summed E-state index contributed by atoms with van der Waals surface area (Å²) in [4.78, 5) is 15.0. The second kappa shape index (κ2) is 6.19. The maximum atomic E-state index is 13.0. The van der Waals surface area contributed by atoms with Crippen LogP contribution >= 0.6 is 0 Å². The Balaban J connectivity index is 1.70. The van der Waals surface area contributed by atoms with Gasteiger partial charge in [0.1, 0.15) is 0 Å². The summed E-state index contributed by atoms with van der Waals surface area (Å²) in [5, 5.41) is 4.73. The van der Waals surface area contributed by atoms with E-state index in [2.05, 4.69) is 12.1 Å². The van der Waals surface area contributed by atoms with Gasteiger partial charge in [-0.15, -0.1) is 0 Å². The third kappa shape index (κ3) is 2.67. The number of aromatic nitrogens is 2. The number of fused-ring (bicyclic) bond motifs is 1. The Hall–Kier alpha value is -2.10. The Kier molecular flexibility index (Phi) is 3.90. The van der Waals surface area contributed by atoms with Crippen LogP contribution in [0.5, 0.6) is 0 Å². The molecule has 0 saturated carbocycles. The van der Waals surface area contributed by atoms with Gasteiger partial charge in [0.15, 0.2) is 5.69 Å². The quantitative estimate of drug-likeness (QED) is 0.853.